The zero-order valence-corrected chi connectivity index (χ0v) is 26.8. The molecule has 3 aromatic heterocycles. The van der Waals surface area contributed by atoms with Crippen LogP contribution in [0.1, 0.15) is 73.2 Å². The lowest BCUT2D eigenvalue weighted by atomic mass is 9.79. The fourth-order valence-corrected chi connectivity index (χ4v) is 7.35. The van der Waals surface area contributed by atoms with Crippen LogP contribution in [0.5, 0.6) is 0 Å². The van der Waals surface area contributed by atoms with Crippen molar-refractivity contribution < 1.29 is 8.78 Å². The van der Waals surface area contributed by atoms with E-state index in [1.54, 1.807) is 36.4 Å². The number of fused-ring (bicyclic) bond motifs is 1. The second kappa shape index (κ2) is 12.9. The van der Waals surface area contributed by atoms with Crippen LogP contribution in [0, 0.1) is 24.7 Å². The van der Waals surface area contributed by atoms with Gasteiger partial charge in [0.05, 0.1) is 12.2 Å². The number of piperidine rings is 1. The molecule has 0 atom stereocenters. The number of hydrogen-bond acceptors (Lipinski definition) is 7. The van der Waals surface area contributed by atoms with E-state index in [0.717, 1.165) is 81.0 Å². The fraction of sp³-hybridized carbons (Fsp3) is 0.486. The number of nitrogens with zero attached hydrogens (tertiary/aromatic N) is 8. The first-order valence-corrected chi connectivity index (χ1v) is 16.4. The summed E-state index contributed by atoms with van der Waals surface area (Å²) in [6, 6.07) is 8.22. The van der Waals surface area contributed by atoms with E-state index in [-0.39, 0.29) is 5.56 Å². The van der Waals surface area contributed by atoms with Gasteiger partial charge >= 0.3 is 0 Å². The predicted octanol–water partition coefficient (Wildman–Crippen LogP) is 5.59. The van der Waals surface area contributed by atoms with Crippen molar-refractivity contribution >= 4 is 11.5 Å². The predicted molar refractivity (Wildman–Crippen MR) is 174 cm³/mol. The van der Waals surface area contributed by atoms with Crippen molar-refractivity contribution in [3.63, 3.8) is 0 Å². The van der Waals surface area contributed by atoms with Crippen molar-refractivity contribution in [2.45, 2.75) is 71.0 Å². The van der Waals surface area contributed by atoms with Gasteiger partial charge in [0.2, 0.25) is 0 Å². The molecule has 7 rings (SSSR count). The summed E-state index contributed by atoms with van der Waals surface area (Å²) in [5.74, 6) is 7.86. The van der Waals surface area contributed by atoms with Crippen molar-refractivity contribution in [1.29, 1.82) is 0 Å². The molecule has 0 radical (unpaired) electrons. The van der Waals surface area contributed by atoms with Crippen LogP contribution in [-0.2, 0) is 20.0 Å². The number of benzene rings is 1. The molecule has 1 N–H and O–H groups in total. The molecule has 3 aliphatic rings. The minimum absolute atomic E-state index is 0.0174. The molecule has 0 spiro atoms. The number of halogens is 2. The first kappa shape index (κ1) is 30.5. The van der Waals surface area contributed by atoms with Crippen LogP contribution in [0.3, 0.4) is 0 Å². The molecule has 240 valence electrons. The fourth-order valence-electron chi connectivity index (χ4n) is 7.35. The van der Waals surface area contributed by atoms with Crippen LogP contribution < -0.4 is 10.2 Å². The molecule has 1 aliphatic carbocycles. The molecular weight excluding hydrogens is 584 g/mol. The number of rotatable bonds is 7. The van der Waals surface area contributed by atoms with Gasteiger partial charge in [-0.15, -0.1) is 5.10 Å². The van der Waals surface area contributed by atoms with Crippen LogP contribution in [0.4, 0.5) is 20.3 Å². The van der Waals surface area contributed by atoms with Gasteiger partial charge in [-0.1, -0.05) is 5.92 Å². The minimum Gasteiger partial charge on any atom is -0.325 e. The van der Waals surface area contributed by atoms with E-state index in [1.807, 2.05) is 25.1 Å². The van der Waals surface area contributed by atoms with Crippen LogP contribution in [-0.4, -0.2) is 66.9 Å². The van der Waals surface area contributed by atoms with E-state index in [4.69, 9.17) is 5.10 Å². The second-order valence-corrected chi connectivity index (χ2v) is 12.8. The maximum atomic E-state index is 14.5. The summed E-state index contributed by atoms with van der Waals surface area (Å²) in [7, 11) is 1.80. The van der Waals surface area contributed by atoms with Gasteiger partial charge in [-0.25, -0.2) is 8.78 Å². The molecule has 11 heteroatoms. The largest absolute Gasteiger partial charge is 0.325 e. The monoisotopic (exact) mass is 625 g/mol. The van der Waals surface area contributed by atoms with Gasteiger partial charge in [0.1, 0.15) is 5.69 Å². The molecule has 9 nitrogen and oxygen atoms in total. The number of alkyl halides is 2. The number of aromatic nitrogens is 6. The van der Waals surface area contributed by atoms with Gasteiger partial charge in [-0.2, -0.15) is 15.3 Å². The van der Waals surface area contributed by atoms with E-state index in [2.05, 4.69) is 53.9 Å². The van der Waals surface area contributed by atoms with Gasteiger partial charge < -0.3 is 15.1 Å². The third-order valence-electron chi connectivity index (χ3n) is 9.87. The van der Waals surface area contributed by atoms with Gasteiger partial charge in [-0.3, -0.25) is 9.36 Å². The summed E-state index contributed by atoms with van der Waals surface area (Å²) in [6.07, 6.45) is 7.71. The molecule has 0 unspecified atom stereocenters. The zero-order chi connectivity index (χ0) is 31.8. The Hall–Kier alpha value is -4.14. The molecule has 0 bridgehead atoms. The highest BCUT2D eigenvalue weighted by molar-refractivity contribution is 5.76. The number of aryl methyl sites for hydroxylation is 2. The Balaban J connectivity index is 1.09. The SMILES string of the molecule is CCN(c1cc(C(F)F)c(-c2cnn(C)c2)cc1C)c1nn(C2CCN(C3CC(C#Cc4cccnn4)C3)CC2)c2c1CNCC2. The topological polar surface area (TPSA) is 79.9 Å². The van der Waals surface area contributed by atoms with Gasteiger partial charge in [0.15, 0.2) is 5.82 Å². The molecule has 0 amide bonds. The molecule has 1 aromatic carbocycles. The average molecular weight is 626 g/mol. The molecule has 2 fully saturated rings. The Bertz CT molecular complexity index is 1740. The van der Waals surface area contributed by atoms with E-state index < -0.39 is 6.43 Å². The number of nitrogens with one attached hydrogen (secondary N) is 1. The summed E-state index contributed by atoms with van der Waals surface area (Å²) in [5, 5.41) is 21.0. The molecule has 1 saturated heterocycles. The highest BCUT2D eigenvalue weighted by Crippen LogP contribution is 2.41. The van der Waals surface area contributed by atoms with Crippen LogP contribution >= 0.6 is 0 Å². The lowest BCUT2D eigenvalue weighted by molar-refractivity contribution is 0.0649. The highest BCUT2D eigenvalue weighted by Gasteiger charge is 2.36. The summed E-state index contributed by atoms with van der Waals surface area (Å²) in [5.41, 5.74) is 6.16. The quantitative estimate of drug-likeness (QED) is 0.268. The van der Waals surface area contributed by atoms with E-state index in [9.17, 15) is 8.78 Å². The first-order chi connectivity index (χ1) is 22.4. The third kappa shape index (κ3) is 5.92. The van der Waals surface area contributed by atoms with Crippen molar-refractivity contribution in [2.75, 3.05) is 31.1 Å². The lowest BCUT2D eigenvalue weighted by Crippen LogP contribution is -2.48. The van der Waals surface area contributed by atoms with Gasteiger partial charge in [0.25, 0.3) is 6.43 Å². The zero-order valence-electron chi connectivity index (χ0n) is 26.8. The Morgan fingerprint density at radius 1 is 1.15 bits per heavy atom. The third-order valence-corrected chi connectivity index (χ3v) is 9.87. The van der Waals surface area contributed by atoms with Crippen molar-refractivity contribution in [3.8, 4) is 23.0 Å². The highest BCUT2D eigenvalue weighted by atomic mass is 19.3. The Kier molecular flexibility index (Phi) is 8.58. The number of anilines is 2. The van der Waals surface area contributed by atoms with Crippen molar-refractivity contribution in [3.05, 3.63) is 70.9 Å². The van der Waals surface area contributed by atoms with E-state index in [1.165, 1.54) is 11.3 Å². The number of hydrogen-bond donors (Lipinski definition) is 1. The Morgan fingerprint density at radius 3 is 2.67 bits per heavy atom. The summed E-state index contributed by atoms with van der Waals surface area (Å²) in [6.45, 7) is 8.43. The maximum absolute atomic E-state index is 14.5. The van der Waals surface area contributed by atoms with Crippen LogP contribution in [0.15, 0.2) is 42.9 Å². The summed E-state index contributed by atoms with van der Waals surface area (Å²) in [4.78, 5) is 4.76. The normalized spacial score (nSPS) is 20.2. The first-order valence-electron chi connectivity index (χ1n) is 16.4. The number of likely N-dealkylation sites (tertiary alicyclic amines) is 1. The van der Waals surface area contributed by atoms with Gasteiger partial charge in [-0.05, 0) is 80.8 Å². The molecular formula is C35H41F2N9. The average Bonchev–Trinajstić information content (AvgIpc) is 3.66. The summed E-state index contributed by atoms with van der Waals surface area (Å²) >= 11 is 0. The molecule has 46 heavy (non-hydrogen) atoms. The minimum atomic E-state index is -2.61. The van der Waals surface area contributed by atoms with E-state index in [0.29, 0.717) is 35.7 Å². The van der Waals surface area contributed by atoms with Crippen LogP contribution in [0.2, 0.25) is 0 Å². The smallest absolute Gasteiger partial charge is 0.264 e. The van der Waals surface area contributed by atoms with Crippen LogP contribution in [0.25, 0.3) is 11.1 Å². The van der Waals surface area contributed by atoms with E-state index >= 15 is 0 Å². The maximum Gasteiger partial charge on any atom is 0.264 e. The Labute approximate surface area is 269 Å². The molecule has 2 aliphatic heterocycles. The molecule has 5 heterocycles. The summed E-state index contributed by atoms with van der Waals surface area (Å²) < 4.78 is 32.9. The van der Waals surface area contributed by atoms with Crippen molar-refractivity contribution in [2.24, 2.45) is 13.0 Å². The standard InChI is InChI=1S/C35H41F2N9/c1-4-45(33-19-30(34(36)37)29(16-23(33)2)25-20-40-43(3)22-25)35-31-21-38-13-9-32(31)46(42-35)27-10-14-44(15-11-27)28-17-24(18-28)7-8-26-6-5-12-39-41-26/h5-6,12,16,19-20,22,24,27-28,34,38H,4,9-11,13-15,17-18,21H2,1-3H3. The molecule has 1 saturated carbocycles. The van der Waals surface area contributed by atoms with Crippen molar-refractivity contribution in [1.82, 2.24) is 40.0 Å². The Morgan fingerprint density at radius 2 is 1.98 bits per heavy atom. The lowest BCUT2D eigenvalue weighted by Gasteiger charge is -2.44. The van der Waals surface area contributed by atoms with Gasteiger partial charge in [0, 0.05) is 98.6 Å². The molecule has 4 aromatic rings. The second-order valence-electron chi connectivity index (χ2n) is 12.8.